The van der Waals surface area contributed by atoms with Crippen LogP contribution in [0.5, 0.6) is 0 Å². The van der Waals surface area contributed by atoms with E-state index in [1.54, 1.807) is 0 Å². The van der Waals surface area contributed by atoms with Crippen LogP contribution in [0.3, 0.4) is 0 Å². The van der Waals surface area contributed by atoms with Crippen LogP contribution in [0, 0.1) is 29.2 Å². The van der Waals surface area contributed by atoms with Gasteiger partial charge in [0, 0.05) is 31.1 Å². The number of hydrogen-bond donors (Lipinski definition) is 1. The zero-order chi connectivity index (χ0) is 21.3. The van der Waals surface area contributed by atoms with Gasteiger partial charge in [0.05, 0.1) is 15.6 Å². The molecule has 1 N–H and O–H groups in total. The first-order chi connectivity index (χ1) is 13.6. The standard InChI is InChI=1S/C18H15ClF4N2O3S/c19-12-7-11(1-2-13(12)20)29(27,28)25-5-3-10(4-6-25)18(26)24-17-9-15(22)14(21)8-16(17)23/h1-2,7-10H,3-6H2,(H,24,26). The van der Waals surface area contributed by atoms with Gasteiger partial charge >= 0.3 is 0 Å². The van der Waals surface area contributed by atoms with Gasteiger partial charge < -0.3 is 5.32 Å². The lowest BCUT2D eigenvalue weighted by Crippen LogP contribution is -2.41. The SMILES string of the molecule is O=C(Nc1cc(F)c(F)cc1F)C1CCN(S(=O)(=O)c2ccc(F)c(Cl)c2)CC1. The molecular weight excluding hydrogens is 436 g/mol. The van der Waals surface area contributed by atoms with Gasteiger partial charge in [-0.2, -0.15) is 4.31 Å². The summed E-state index contributed by atoms with van der Waals surface area (Å²) in [6, 6.07) is 3.93. The van der Waals surface area contributed by atoms with Crippen molar-refractivity contribution >= 4 is 33.2 Å². The van der Waals surface area contributed by atoms with Crippen LogP contribution in [0.15, 0.2) is 35.2 Å². The van der Waals surface area contributed by atoms with E-state index in [9.17, 15) is 30.8 Å². The molecular formula is C18H15ClF4N2O3S. The Balaban J connectivity index is 1.66. The second kappa shape index (κ2) is 8.29. The second-order valence-electron chi connectivity index (χ2n) is 6.49. The summed E-state index contributed by atoms with van der Waals surface area (Å²) >= 11 is 5.64. The van der Waals surface area contributed by atoms with Gasteiger partial charge in [0.2, 0.25) is 15.9 Å². The van der Waals surface area contributed by atoms with Crippen LogP contribution in [0.2, 0.25) is 5.02 Å². The number of carbonyl (C=O) groups is 1. The average Bonchev–Trinajstić information content (AvgIpc) is 2.68. The van der Waals surface area contributed by atoms with Crippen LogP contribution < -0.4 is 5.32 Å². The zero-order valence-corrected chi connectivity index (χ0v) is 16.3. The molecule has 1 amide bonds. The highest BCUT2D eigenvalue weighted by Crippen LogP contribution is 2.27. The van der Waals surface area contributed by atoms with E-state index in [2.05, 4.69) is 5.32 Å². The van der Waals surface area contributed by atoms with Crippen LogP contribution in [-0.4, -0.2) is 31.7 Å². The third kappa shape index (κ3) is 4.54. The van der Waals surface area contributed by atoms with E-state index in [1.807, 2.05) is 0 Å². The first kappa shape index (κ1) is 21.5. The molecule has 0 bridgehead atoms. The number of nitrogens with zero attached hydrogens (tertiary/aromatic N) is 1. The number of rotatable bonds is 4. The Morgan fingerprint density at radius 3 is 2.21 bits per heavy atom. The molecule has 156 valence electrons. The normalized spacial score (nSPS) is 16.0. The highest BCUT2D eigenvalue weighted by atomic mass is 35.5. The molecule has 5 nitrogen and oxygen atoms in total. The Kier molecular flexibility index (Phi) is 6.16. The Hall–Kier alpha value is -2.17. The fourth-order valence-corrected chi connectivity index (χ4v) is 4.74. The Morgan fingerprint density at radius 1 is 0.966 bits per heavy atom. The van der Waals surface area contributed by atoms with Crippen molar-refractivity contribution in [3.8, 4) is 0 Å². The van der Waals surface area contributed by atoms with Gasteiger partial charge in [0.15, 0.2) is 11.6 Å². The van der Waals surface area contributed by atoms with Gasteiger partial charge in [-0.1, -0.05) is 11.6 Å². The minimum atomic E-state index is -3.93. The molecule has 1 aliphatic heterocycles. The quantitative estimate of drug-likeness (QED) is 0.567. The summed E-state index contributed by atoms with van der Waals surface area (Å²) in [5, 5.41) is 1.87. The van der Waals surface area contributed by atoms with Crippen molar-refractivity contribution < 1.29 is 30.8 Å². The van der Waals surface area contributed by atoms with Crippen LogP contribution in [-0.2, 0) is 14.8 Å². The predicted molar refractivity (Wildman–Crippen MR) is 97.8 cm³/mol. The number of sulfonamides is 1. The first-order valence-corrected chi connectivity index (χ1v) is 10.3. The molecule has 29 heavy (non-hydrogen) atoms. The molecule has 2 aromatic rings. The number of benzene rings is 2. The highest BCUT2D eigenvalue weighted by Gasteiger charge is 2.32. The third-order valence-corrected chi connectivity index (χ3v) is 6.81. The summed E-state index contributed by atoms with van der Waals surface area (Å²) in [7, 11) is -3.93. The first-order valence-electron chi connectivity index (χ1n) is 8.50. The Labute approximate surface area is 169 Å². The van der Waals surface area contributed by atoms with Crippen molar-refractivity contribution in [3.05, 3.63) is 58.6 Å². The number of carbonyl (C=O) groups excluding carboxylic acids is 1. The molecule has 1 heterocycles. The summed E-state index contributed by atoms with van der Waals surface area (Å²) < 4.78 is 79.6. The monoisotopic (exact) mass is 450 g/mol. The second-order valence-corrected chi connectivity index (χ2v) is 8.83. The molecule has 0 atom stereocenters. The number of amides is 1. The maximum Gasteiger partial charge on any atom is 0.243 e. The van der Waals surface area contributed by atoms with Crippen LogP contribution >= 0.6 is 11.6 Å². The van der Waals surface area contributed by atoms with Crippen molar-refractivity contribution in [2.24, 2.45) is 5.92 Å². The van der Waals surface area contributed by atoms with E-state index >= 15 is 0 Å². The highest BCUT2D eigenvalue weighted by molar-refractivity contribution is 7.89. The Morgan fingerprint density at radius 2 is 1.59 bits per heavy atom. The van der Waals surface area contributed by atoms with Gasteiger partial charge in [0.25, 0.3) is 0 Å². The molecule has 0 aliphatic carbocycles. The molecule has 0 saturated carbocycles. The van der Waals surface area contributed by atoms with E-state index in [1.165, 1.54) is 0 Å². The number of piperidine rings is 1. The van der Waals surface area contributed by atoms with Crippen molar-refractivity contribution in [1.82, 2.24) is 4.31 Å². The van der Waals surface area contributed by atoms with E-state index in [-0.39, 0.29) is 35.8 Å². The lowest BCUT2D eigenvalue weighted by Gasteiger charge is -2.30. The summed E-state index contributed by atoms with van der Waals surface area (Å²) in [5.41, 5.74) is -0.495. The minimum Gasteiger partial charge on any atom is -0.323 e. The van der Waals surface area contributed by atoms with Gasteiger partial charge in [-0.05, 0) is 31.0 Å². The minimum absolute atomic E-state index is 0.00429. The molecule has 0 spiro atoms. The van der Waals surface area contributed by atoms with Crippen molar-refractivity contribution in [3.63, 3.8) is 0 Å². The molecule has 1 saturated heterocycles. The molecule has 0 unspecified atom stereocenters. The predicted octanol–water partition coefficient (Wildman–Crippen LogP) is 3.94. The fraction of sp³-hybridized carbons (Fsp3) is 0.278. The smallest absolute Gasteiger partial charge is 0.243 e. The number of halogens is 5. The zero-order valence-electron chi connectivity index (χ0n) is 14.8. The summed E-state index contributed by atoms with van der Waals surface area (Å²) in [5.74, 6) is -5.82. The van der Waals surface area contributed by atoms with E-state index < -0.39 is 50.8 Å². The molecule has 1 fully saturated rings. The molecule has 0 aromatic heterocycles. The summed E-state index contributed by atoms with van der Waals surface area (Å²) in [4.78, 5) is 12.1. The molecule has 0 radical (unpaired) electrons. The molecule has 2 aromatic carbocycles. The number of hydrogen-bond acceptors (Lipinski definition) is 3. The lowest BCUT2D eigenvalue weighted by molar-refractivity contribution is -0.120. The van der Waals surface area contributed by atoms with Crippen molar-refractivity contribution in [2.75, 3.05) is 18.4 Å². The topological polar surface area (TPSA) is 66.5 Å². The Bertz CT molecular complexity index is 1060. The molecule has 11 heteroatoms. The van der Waals surface area contributed by atoms with Gasteiger partial charge in [-0.3, -0.25) is 4.79 Å². The average molecular weight is 451 g/mol. The maximum absolute atomic E-state index is 13.7. The van der Waals surface area contributed by atoms with Crippen LogP contribution in [0.1, 0.15) is 12.8 Å². The van der Waals surface area contributed by atoms with Gasteiger partial charge in [-0.25, -0.2) is 26.0 Å². The summed E-state index contributed by atoms with van der Waals surface area (Å²) in [6.45, 7) is -0.00858. The van der Waals surface area contributed by atoms with Crippen LogP contribution in [0.25, 0.3) is 0 Å². The van der Waals surface area contributed by atoms with Gasteiger partial charge in [-0.15, -0.1) is 0 Å². The lowest BCUT2D eigenvalue weighted by atomic mass is 9.97. The fourth-order valence-electron chi connectivity index (χ4n) is 3.00. The van der Waals surface area contributed by atoms with E-state index in [4.69, 9.17) is 11.6 Å². The number of nitrogens with one attached hydrogen (secondary N) is 1. The maximum atomic E-state index is 13.7. The van der Waals surface area contributed by atoms with Gasteiger partial charge in [0.1, 0.15) is 11.6 Å². The van der Waals surface area contributed by atoms with E-state index in [0.717, 1.165) is 22.5 Å². The third-order valence-electron chi connectivity index (χ3n) is 4.62. The van der Waals surface area contributed by atoms with E-state index in [0.29, 0.717) is 12.1 Å². The largest absolute Gasteiger partial charge is 0.323 e. The molecule has 1 aliphatic rings. The molecule has 3 rings (SSSR count). The number of anilines is 1. The van der Waals surface area contributed by atoms with Crippen molar-refractivity contribution in [1.29, 1.82) is 0 Å². The summed E-state index contributed by atoms with van der Waals surface area (Å²) in [6.07, 6.45) is 0.260. The van der Waals surface area contributed by atoms with Crippen LogP contribution in [0.4, 0.5) is 23.2 Å². The van der Waals surface area contributed by atoms with Crippen molar-refractivity contribution in [2.45, 2.75) is 17.7 Å².